The molecule has 3 rings (SSSR count). The number of rotatable bonds is 19. The highest BCUT2D eigenvalue weighted by molar-refractivity contribution is 8.02. The van der Waals surface area contributed by atoms with E-state index in [0.717, 1.165) is 57.8 Å². The molecular weight excluding hydrogens is 581 g/mol. The Hall–Kier alpha value is 0.200. The predicted octanol–water partition coefficient (Wildman–Crippen LogP) is 6.60. The smallest absolute Gasteiger partial charge is 0.0835 e. The maximum absolute atomic E-state index is 11.1. The minimum atomic E-state index is -0.466. The molecule has 0 aromatic rings. The Morgan fingerprint density at radius 3 is 1.49 bits per heavy atom. The number of hydrogen-bond acceptors (Lipinski definition) is 8. The van der Waals surface area contributed by atoms with Gasteiger partial charge >= 0.3 is 0 Å². The largest absolute Gasteiger partial charge is 0.390 e. The molecule has 0 aliphatic heterocycles. The van der Waals surface area contributed by atoms with E-state index in [-0.39, 0.29) is 36.3 Å². The molecule has 8 heteroatoms. The van der Waals surface area contributed by atoms with Crippen LogP contribution in [0.25, 0.3) is 0 Å². The second-order valence-corrected chi connectivity index (χ2v) is 16.2. The van der Waals surface area contributed by atoms with Crippen LogP contribution in [0.5, 0.6) is 0 Å². The first-order valence-corrected chi connectivity index (χ1v) is 19.5. The van der Waals surface area contributed by atoms with Crippen molar-refractivity contribution >= 4 is 23.5 Å². The SMILES string of the molecule is C=CCC1CC(CC2CC(CCCSCCSCCCC3CC(CC)C(O)C(OC)C3)CC(OC)C2O)C(O)C(OC)C1. The molecule has 3 N–H and O–H groups in total. The van der Waals surface area contributed by atoms with Gasteiger partial charge in [0.05, 0.1) is 36.6 Å². The number of aliphatic hydroxyl groups excluding tert-OH is 3. The van der Waals surface area contributed by atoms with E-state index in [4.69, 9.17) is 14.2 Å². The van der Waals surface area contributed by atoms with Gasteiger partial charge in [-0.2, -0.15) is 23.5 Å². The molecule has 12 unspecified atom stereocenters. The molecule has 3 saturated carbocycles. The Bertz CT molecular complexity index is 744. The molecule has 0 spiro atoms. The summed E-state index contributed by atoms with van der Waals surface area (Å²) in [6.07, 6.45) is 14.3. The third-order valence-electron chi connectivity index (χ3n) is 10.9. The summed E-state index contributed by atoms with van der Waals surface area (Å²) in [6.45, 7) is 6.11. The van der Waals surface area contributed by atoms with E-state index in [0.29, 0.717) is 23.7 Å². The third-order valence-corrected chi connectivity index (χ3v) is 13.3. The summed E-state index contributed by atoms with van der Waals surface area (Å²) in [4.78, 5) is 0. The van der Waals surface area contributed by atoms with Gasteiger partial charge in [0.1, 0.15) is 0 Å². The van der Waals surface area contributed by atoms with Gasteiger partial charge in [-0.05, 0) is 124 Å². The van der Waals surface area contributed by atoms with Crippen LogP contribution < -0.4 is 0 Å². The lowest BCUT2D eigenvalue weighted by Crippen LogP contribution is -2.47. The van der Waals surface area contributed by atoms with E-state index in [9.17, 15) is 15.3 Å². The van der Waals surface area contributed by atoms with Gasteiger partial charge in [-0.15, -0.1) is 6.58 Å². The summed E-state index contributed by atoms with van der Waals surface area (Å²) in [7, 11) is 5.17. The second kappa shape index (κ2) is 20.4. The highest BCUT2D eigenvalue weighted by Gasteiger charge is 2.42. The van der Waals surface area contributed by atoms with Gasteiger partial charge in [0.15, 0.2) is 0 Å². The normalized spacial score (nSPS) is 38.7. The van der Waals surface area contributed by atoms with Crippen LogP contribution in [-0.4, -0.2) is 96.3 Å². The lowest BCUT2D eigenvalue weighted by atomic mass is 9.68. The molecule has 12 atom stereocenters. The molecule has 43 heavy (non-hydrogen) atoms. The van der Waals surface area contributed by atoms with Gasteiger partial charge in [-0.3, -0.25) is 0 Å². The molecule has 3 fully saturated rings. The Kier molecular flexibility index (Phi) is 17.9. The molecule has 3 aliphatic rings. The van der Waals surface area contributed by atoms with Gasteiger partial charge in [-0.25, -0.2) is 0 Å². The van der Waals surface area contributed by atoms with Crippen LogP contribution in [0.15, 0.2) is 12.7 Å². The molecule has 3 aliphatic carbocycles. The minimum Gasteiger partial charge on any atom is -0.390 e. The van der Waals surface area contributed by atoms with Crippen molar-refractivity contribution < 1.29 is 29.5 Å². The number of allylic oxidation sites excluding steroid dienone is 1. The minimum absolute atomic E-state index is 0.0151. The molecule has 0 aromatic carbocycles. The van der Waals surface area contributed by atoms with Crippen molar-refractivity contribution in [2.45, 2.75) is 127 Å². The first-order chi connectivity index (χ1) is 20.8. The summed E-state index contributed by atoms with van der Waals surface area (Å²) < 4.78 is 17.0. The standard InChI is InChI=1S/C35H64O6S2/c1-6-10-24-18-28(34(37)31(20-24)40-4)23-29-19-26(22-32(41-5)35(29)38)12-9-14-43-16-15-42-13-8-11-25-17-27(7-2)33(36)30(21-25)39-3/h6,24-38H,1,7-23H2,2-5H3. The van der Waals surface area contributed by atoms with Gasteiger partial charge < -0.3 is 29.5 Å². The third kappa shape index (κ3) is 11.7. The Morgan fingerprint density at radius 1 is 0.628 bits per heavy atom. The quantitative estimate of drug-likeness (QED) is 0.107. The number of methoxy groups -OCH3 is 3. The monoisotopic (exact) mass is 644 g/mol. The lowest BCUT2D eigenvalue weighted by molar-refractivity contribution is -0.113. The number of thioether (sulfide) groups is 2. The summed E-state index contributed by atoms with van der Waals surface area (Å²) in [6, 6.07) is 0. The van der Waals surface area contributed by atoms with E-state index in [1.807, 2.05) is 6.08 Å². The Labute approximate surface area is 271 Å². The van der Waals surface area contributed by atoms with Crippen molar-refractivity contribution in [3.05, 3.63) is 12.7 Å². The van der Waals surface area contributed by atoms with Gasteiger partial charge in [0.2, 0.25) is 0 Å². The van der Waals surface area contributed by atoms with Crippen LogP contribution in [-0.2, 0) is 14.2 Å². The molecule has 0 radical (unpaired) electrons. The predicted molar refractivity (Wildman–Crippen MR) is 182 cm³/mol. The van der Waals surface area contributed by atoms with Crippen LogP contribution in [0, 0.1) is 35.5 Å². The zero-order valence-corrected chi connectivity index (χ0v) is 29.2. The van der Waals surface area contributed by atoms with Crippen molar-refractivity contribution in [2.24, 2.45) is 35.5 Å². The Morgan fingerprint density at radius 2 is 1.05 bits per heavy atom. The van der Waals surface area contributed by atoms with Crippen molar-refractivity contribution in [3.63, 3.8) is 0 Å². The first-order valence-electron chi connectivity index (χ1n) is 17.2. The van der Waals surface area contributed by atoms with Crippen LogP contribution in [0.2, 0.25) is 0 Å². The zero-order chi connectivity index (χ0) is 31.2. The molecule has 6 nitrogen and oxygen atoms in total. The van der Waals surface area contributed by atoms with Gasteiger partial charge in [0, 0.05) is 32.8 Å². The highest BCUT2D eigenvalue weighted by atomic mass is 32.2. The maximum atomic E-state index is 11.1. The van der Waals surface area contributed by atoms with E-state index < -0.39 is 12.2 Å². The van der Waals surface area contributed by atoms with Crippen LogP contribution >= 0.6 is 23.5 Å². The van der Waals surface area contributed by atoms with Crippen LogP contribution in [0.4, 0.5) is 0 Å². The lowest BCUT2D eigenvalue weighted by Gasteiger charge is -2.44. The van der Waals surface area contributed by atoms with Crippen molar-refractivity contribution in [3.8, 4) is 0 Å². The molecule has 0 bridgehead atoms. The molecule has 0 amide bonds. The molecular formula is C35H64O6S2. The van der Waals surface area contributed by atoms with Crippen LogP contribution in [0.1, 0.15) is 90.4 Å². The average Bonchev–Trinajstić information content (AvgIpc) is 3.01. The zero-order valence-electron chi connectivity index (χ0n) is 27.6. The average molecular weight is 645 g/mol. The van der Waals surface area contributed by atoms with Crippen molar-refractivity contribution in [1.82, 2.24) is 0 Å². The maximum Gasteiger partial charge on any atom is 0.0835 e. The van der Waals surface area contributed by atoms with E-state index >= 15 is 0 Å². The summed E-state index contributed by atoms with van der Waals surface area (Å²) in [5.41, 5.74) is 0. The second-order valence-electron chi connectivity index (χ2n) is 13.8. The topological polar surface area (TPSA) is 88.4 Å². The number of aliphatic hydroxyl groups is 3. The molecule has 252 valence electrons. The number of ether oxygens (including phenoxy) is 3. The van der Waals surface area contributed by atoms with Gasteiger partial charge in [-0.1, -0.05) is 19.4 Å². The van der Waals surface area contributed by atoms with Crippen LogP contribution in [0.3, 0.4) is 0 Å². The van der Waals surface area contributed by atoms with E-state index in [1.54, 1.807) is 21.3 Å². The summed E-state index contributed by atoms with van der Waals surface area (Å²) >= 11 is 4.16. The fourth-order valence-electron chi connectivity index (χ4n) is 8.45. The first kappa shape index (κ1) is 37.7. The van der Waals surface area contributed by atoms with E-state index in [2.05, 4.69) is 37.0 Å². The molecule has 0 heterocycles. The van der Waals surface area contributed by atoms with Crippen molar-refractivity contribution in [1.29, 1.82) is 0 Å². The van der Waals surface area contributed by atoms with Crippen molar-refractivity contribution in [2.75, 3.05) is 44.3 Å². The fraction of sp³-hybridized carbons (Fsp3) is 0.943. The molecule has 0 aromatic heterocycles. The summed E-state index contributed by atoms with van der Waals surface area (Å²) in [5, 5.41) is 32.6. The Balaban J connectivity index is 1.30. The van der Waals surface area contributed by atoms with Gasteiger partial charge in [0.25, 0.3) is 0 Å². The van der Waals surface area contributed by atoms with E-state index in [1.165, 1.54) is 48.7 Å². The highest BCUT2D eigenvalue weighted by Crippen LogP contribution is 2.42. The number of hydrogen-bond donors (Lipinski definition) is 3. The molecule has 0 saturated heterocycles. The fourth-order valence-corrected chi connectivity index (χ4v) is 10.5. The summed E-state index contributed by atoms with van der Waals surface area (Å²) in [5.74, 6) is 7.32.